The molecular formula is C16H21N3O. The van der Waals surface area contributed by atoms with Gasteiger partial charge >= 0.3 is 0 Å². The lowest BCUT2D eigenvalue weighted by Gasteiger charge is -2.10. The summed E-state index contributed by atoms with van der Waals surface area (Å²) < 4.78 is 5.88. The Labute approximate surface area is 119 Å². The Kier molecular flexibility index (Phi) is 3.57. The summed E-state index contributed by atoms with van der Waals surface area (Å²) in [6.07, 6.45) is 2.99. The Morgan fingerprint density at radius 2 is 1.95 bits per heavy atom. The maximum atomic E-state index is 5.88. The highest BCUT2D eigenvalue weighted by Gasteiger charge is 2.50. The van der Waals surface area contributed by atoms with Crippen molar-refractivity contribution in [3.8, 4) is 0 Å². The molecule has 4 nitrogen and oxygen atoms in total. The van der Waals surface area contributed by atoms with Crippen LogP contribution in [0.1, 0.15) is 44.0 Å². The fourth-order valence-electron chi connectivity index (χ4n) is 2.52. The molecule has 0 aliphatic heterocycles. The number of aromatic nitrogens is 2. The van der Waals surface area contributed by atoms with Crippen LogP contribution in [0.25, 0.3) is 0 Å². The number of benzene rings is 1. The van der Waals surface area contributed by atoms with E-state index in [0.717, 1.165) is 37.6 Å². The summed E-state index contributed by atoms with van der Waals surface area (Å²) in [6, 6.07) is 11.0. The van der Waals surface area contributed by atoms with Crippen LogP contribution in [0.2, 0.25) is 0 Å². The molecule has 1 aromatic carbocycles. The predicted molar refractivity (Wildman–Crippen MR) is 77.6 cm³/mol. The maximum absolute atomic E-state index is 5.88. The lowest BCUT2D eigenvalue weighted by atomic mass is 9.96. The molecule has 1 fully saturated rings. The van der Waals surface area contributed by atoms with Gasteiger partial charge in [-0.25, -0.2) is 0 Å². The first kappa shape index (κ1) is 13.3. The minimum Gasteiger partial charge on any atom is -0.424 e. The van der Waals surface area contributed by atoms with Gasteiger partial charge in [-0.15, -0.1) is 10.2 Å². The molecule has 1 aliphatic rings. The standard InChI is InChI=1S/C16H21N3O/c1-12(2)17-11-8-14-18-19-15(20-14)16(9-10-16)13-6-4-3-5-7-13/h3-7,12,17H,8-11H2,1-2H3. The minimum atomic E-state index is -0.0159. The molecule has 0 unspecified atom stereocenters. The summed E-state index contributed by atoms with van der Waals surface area (Å²) in [6.45, 7) is 5.14. The first-order chi connectivity index (χ1) is 9.71. The molecule has 0 bridgehead atoms. The normalized spacial score (nSPS) is 16.6. The van der Waals surface area contributed by atoms with E-state index in [1.165, 1.54) is 5.56 Å². The van der Waals surface area contributed by atoms with E-state index in [4.69, 9.17) is 4.42 Å². The van der Waals surface area contributed by atoms with E-state index in [1.807, 2.05) is 6.07 Å². The summed E-state index contributed by atoms with van der Waals surface area (Å²) in [5.74, 6) is 1.51. The Balaban J connectivity index is 1.71. The molecule has 1 heterocycles. The lowest BCUT2D eigenvalue weighted by molar-refractivity contribution is 0.418. The second kappa shape index (κ2) is 5.37. The molecular weight excluding hydrogens is 250 g/mol. The Bertz CT molecular complexity index is 558. The van der Waals surface area contributed by atoms with E-state index in [2.05, 4.69) is 53.6 Å². The molecule has 0 atom stereocenters. The van der Waals surface area contributed by atoms with Gasteiger partial charge in [-0.2, -0.15) is 0 Å². The van der Waals surface area contributed by atoms with Crippen molar-refractivity contribution in [2.24, 2.45) is 0 Å². The van der Waals surface area contributed by atoms with Gasteiger partial charge in [-0.05, 0) is 18.4 Å². The van der Waals surface area contributed by atoms with Crippen LogP contribution in [-0.4, -0.2) is 22.8 Å². The Morgan fingerprint density at radius 3 is 2.60 bits per heavy atom. The van der Waals surface area contributed by atoms with Gasteiger partial charge in [-0.3, -0.25) is 0 Å². The molecule has 1 aromatic heterocycles. The summed E-state index contributed by atoms with van der Waals surface area (Å²) in [4.78, 5) is 0. The zero-order valence-corrected chi connectivity index (χ0v) is 12.1. The monoisotopic (exact) mass is 271 g/mol. The molecule has 1 saturated carbocycles. The van der Waals surface area contributed by atoms with Crippen LogP contribution < -0.4 is 5.32 Å². The van der Waals surface area contributed by atoms with E-state index in [1.54, 1.807) is 0 Å². The number of hydrogen-bond acceptors (Lipinski definition) is 4. The van der Waals surface area contributed by atoms with Crippen LogP contribution in [0.15, 0.2) is 34.7 Å². The third-order valence-electron chi connectivity index (χ3n) is 3.84. The fraction of sp³-hybridized carbons (Fsp3) is 0.500. The van der Waals surface area contributed by atoms with Gasteiger partial charge in [0.05, 0.1) is 5.41 Å². The SMILES string of the molecule is CC(C)NCCc1nnc(C2(c3ccccc3)CC2)o1. The fourth-order valence-corrected chi connectivity index (χ4v) is 2.52. The average molecular weight is 271 g/mol. The molecule has 3 rings (SSSR count). The van der Waals surface area contributed by atoms with Crippen molar-refractivity contribution in [1.29, 1.82) is 0 Å². The second-order valence-corrected chi connectivity index (χ2v) is 5.81. The zero-order chi connectivity index (χ0) is 14.0. The van der Waals surface area contributed by atoms with Crippen molar-refractivity contribution in [2.45, 2.75) is 44.6 Å². The Morgan fingerprint density at radius 1 is 1.20 bits per heavy atom. The summed E-state index contributed by atoms with van der Waals surface area (Å²) >= 11 is 0. The maximum Gasteiger partial charge on any atom is 0.227 e. The minimum absolute atomic E-state index is 0.0159. The Hall–Kier alpha value is -1.68. The zero-order valence-electron chi connectivity index (χ0n) is 12.1. The van der Waals surface area contributed by atoms with Crippen LogP contribution in [0.4, 0.5) is 0 Å². The van der Waals surface area contributed by atoms with Crippen LogP contribution in [0, 0.1) is 0 Å². The topological polar surface area (TPSA) is 51.0 Å². The molecule has 0 radical (unpaired) electrons. The average Bonchev–Trinajstić information content (AvgIpc) is 3.13. The molecule has 20 heavy (non-hydrogen) atoms. The summed E-state index contributed by atoms with van der Waals surface area (Å²) in [5.41, 5.74) is 1.27. The summed E-state index contributed by atoms with van der Waals surface area (Å²) in [5, 5.41) is 11.8. The van der Waals surface area contributed by atoms with Gasteiger partial charge in [0.15, 0.2) is 0 Å². The molecule has 0 spiro atoms. The van der Waals surface area contributed by atoms with E-state index in [0.29, 0.717) is 6.04 Å². The molecule has 1 aliphatic carbocycles. The van der Waals surface area contributed by atoms with Crippen molar-refractivity contribution >= 4 is 0 Å². The quantitative estimate of drug-likeness (QED) is 0.877. The van der Waals surface area contributed by atoms with Crippen molar-refractivity contribution in [1.82, 2.24) is 15.5 Å². The van der Waals surface area contributed by atoms with Crippen molar-refractivity contribution in [2.75, 3.05) is 6.54 Å². The van der Waals surface area contributed by atoms with Gasteiger partial charge in [-0.1, -0.05) is 44.2 Å². The lowest BCUT2D eigenvalue weighted by Crippen LogP contribution is -2.25. The van der Waals surface area contributed by atoms with E-state index in [-0.39, 0.29) is 5.41 Å². The van der Waals surface area contributed by atoms with Gasteiger partial charge in [0.1, 0.15) is 0 Å². The number of nitrogens with one attached hydrogen (secondary N) is 1. The predicted octanol–water partition coefficient (Wildman–Crippen LogP) is 2.69. The van der Waals surface area contributed by atoms with Gasteiger partial charge in [0.2, 0.25) is 11.8 Å². The first-order valence-corrected chi connectivity index (χ1v) is 7.32. The van der Waals surface area contributed by atoms with Crippen molar-refractivity contribution < 1.29 is 4.42 Å². The number of nitrogens with zero attached hydrogens (tertiary/aromatic N) is 2. The number of rotatable bonds is 6. The van der Waals surface area contributed by atoms with Crippen LogP contribution >= 0.6 is 0 Å². The molecule has 106 valence electrons. The molecule has 0 saturated heterocycles. The largest absolute Gasteiger partial charge is 0.424 e. The third kappa shape index (κ3) is 2.61. The first-order valence-electron chi connectivity index (χ1n) is 7.32. The van der Waals surface area contributed by atoms with E-state index < -0.39 is 0 Å². The third-order valence-corrected chi connectivity index (χ3v) is 3.84. The van der Waals surface area contributed by atoms with Crippen LogP contribution in [0.5, 0.6) is 0 Å². The number of hydrogen-bond donors (Lipinski definition) is 1. The summed E-state index contributed by atoms with van der Waals surface area (Å²) in [7, 11) is 0. The van der Waals surface area contributed by atoms with Crippen LogP contribution in [0.3, 0.4) is 0 Å². The van der Waals surface area contributed by atoms with Crippen molar-refractivity contribution in [3.63, 3.8) is 0 Å². The van der Waals surface area contributed by atoms with Gasteiger partial charge in [0, 0.05) is 19.0 Å². The van der Waals surface area contributed by atoms with Gasteiger partial charge < -0.3 is 9.73 Å². The molecule has 4 heteroatoms. The van der Waals surface area contributed by atoms with E-state index in [9.17, 15) is 0 Å². The highest BCUT2D eigenvalue weighted by Crippen LogP contribution is 2.52. The van der Waals surface area contributed by atoms with Crippen LogP contribution in [-0.2, 0) is 11.8 Å². The second-order valence-electron chi connectivity index (χ2n) is 5.81. The molecule has 0 amide bonds. The van der Waals surface area contributed by atoms with E-state index >= 15 is 0 Å². The molecule has 1 N–H and O–H groups in total. The van der Waals surface area contributed by atoms with Crippen molar-refractivity contribution in [3.05, 3.63) is 47.7 Å². The smallest absolute Gasteiger partial charge is 0.227 e. The van der Waals surface area contributed by atoms with Gasteiger partial charge in [0.25, 0.3) is 0 Å². The molecule has 2 aromatic rings. The highest BCUT2D eigenvalue weighted by atomic mass is 16.4. The highest BCUT2D eigenvalue weighted by molar-refractivity contribution is 5.37.